The highest BCUT2D eigenvalue weighted by Gasteiger charge is 2.11. The third-order valence-corrected chi connectivity index (χ3v) is 4.28. The average molecular weight is 339 g/mol. The van der Waals surface area contributed by atoms with Crippen LogP contribution in [0.15, 0.2) is 42.5 Å². The third-order valence-electron chi connectivity index (χ3n) is 4.28. The minimum absolute atomic E-state index is 0.0593. The van der Waals surface area contributed by atoms with Gasteiger partial charge in [-0.1, -0.05) is 25.1 Å². The smallest absolute Gasteiger partial charge is 0.258 e. The number of Topliss-reactive ketones (excluding diaryl/α,β-unsaturated/α-hetero) is 1. The first-order valence-corrected chi connectivity index (χ1v) is 8.53. The topological polar surface area (TPSA) is 55.4 Å². The second-order valence-electron chi connectivity index (χ2n) is 6.22. The predicted molar refractivity (Wildman–Crippen MR) is 99.0 cm³/mol. The minimum Gasteiger partial charge on any atom is -0.484 e. The summed E-state index contributed by atoms with van der Waals surface area (Å²) in [6, 6.07) is 12.9. The number of ether oxygens (including phenoxy) is 1. The van der Waals surface area contributed by atoms with Crippen molar-refractivity contribution in [3.63, 3.8) is 0 Å². The van der Waals surface area contributed by atoms with Crippen LogP contribution in [0.4, 0.5) is 0 Å². The lowest BCUT2D eigenvalue weighted by molar-refractivity contribution is -0.123. The molecule has 0 aromatic heterocycles. The molecule has 0 fully saturated rings. The van der Waals surface area contributed by atoms with Gasteiger partial charge in [-0.25, -0.2) is 0 Å². The monoisotopic (exact) mass is 339 g/mol. The van der Waals surface area contributed by atoms with Crippen LogP contribution in [0.5, 0.6) is 5.75 Å². The first-order valence-electron chi connectivity index (χ1n) is 8.53. The molecule has 0 saturated carbocycles. The van der Waals surface area contributed by atoms with Gasteiger partial charge in [-0.2, -0.15) is 0 Å². The standard InChI is InChI=1S/C21H25NO3/c1-5-20(23)17-8-10-19(11-9-17)25-13-21(24)22-16(4)18-7-6-14(2)15(3)12-18/h6-12,16H,5,13H2,1-4H3,(H,22,24). The van der Waals surface area contributed by atoms with E-state index in [1.165, 1.54) is 11.1 Å². The van der Waals surface area contributed by atoms with E-state index < -0.39 is 0 Å². The molecule has 4 nitrogen and oxygen atoms in total. The second-order valence-corrected chi connectivity index (χ2v) is 6.22. The van der Waals surface area contributed by atoms with Gasteiger partial charge < -0.3 is 10.1 Å². The minimum atomic E-state index is -0.181. The van der Waals surface area contributed by atoms with Crippen LogP contribution in [-0.4, -0.2) is 18.3 Å². The van der Waals surface area contributed by atoms with E-state index in [1.54, 1.807) is 24.3 Å². The van der Waals surface area contributed by atoms with E-state index in [9.17, 15) is 9.59 Å². The molecule has 0 heterocycles. The lowest BCUT2D eigenvalue weighted by Gasteiger charge is -2.16. The number of hydrogen-bond acceptors (Lipinski definition) is 3. The number of amides is 1. The number of hydrogen-bond donors (Lipinski definition) is 1. The summed E-state index contributed by atoms with van der Waals surface area (Å²) in [5.74, 6) is 0.479. The number of benzene rings is 2. The van der Waals surface area contributed by atoms with Gasteiger partial charge in [0.05, 0.1) is 6.04 Å². The maximum absolute atomic E-state index is 12.1. The van der Waals surface area contributed by atoms with Gasteiger partial charge in [-0.15, -0.1) is 0 Å². The molecule has 1 atom stereocenters. The first-order chi connectivity index (χ1) is 11.9. The molecule has 0 aliphatic heterocycles. The number of nitrogens with one attached hydrogen (secondary N) is 1. The fraction of sp³-hybridized carbons (Fsp3) is 0.333. The Morgan fingerprint density at radius 2 is 1.72 bits per heavy atom. The molecule has 1 amide bonds. The van der Waals surface area contributed by atoms with E-state index in [-0.39, 0.29) is 24.3 Å². The molecule has 0 bridgehead atoms. The molecule has 0 aliphatic carbocycles. The lowest BCUT2D eigenvalue weighted by atomic mass is 10.0. The summed E-state index contributed by atoms with van der Waals surface area (Å²) in [7, 11) is 0. The van der Waals surface area contributed by atoms with E-state index in [0.717, 1.165) is 5.56 Å². The summed E-state index contributed by atoms with van der Waals surface area (Å²) in [5.41, 5.74) is 4.16. The summed E-state index contributed by atoms with van der Waals surface area (Å²) >= 11 is 0. The van der Waals surface area contributed by atoms with Crippen molar-refractivity contribution in [2.75, 3.05) is 6.61 Å². The second kappa shape index (κ2) is 8.47. The molecule has 0 saturated heterocycles. The van der Waals surface area contributed by atoms with Crippen LogP contribution in [0, 0.1) is 13.8 Å². The molecule has 0 spiro atoms. The largest absolute Gasteiger partial charge is 0.484 e. The number of ketones is 1. The molecular weight excluding hydrogens is 314 g/mol. The van der Waals surface area contributed by atoms with Gasteiger partial charge in [-0.3, -0.25) is 9.59 Å². The Hall–Kier alpha value is -2.62. The summed E-state index contributed by atoms with van der Waals surface area (Å²) in [6.07, 6.45) is 0.471. The van der Waals surface area contributed by atoms with Crippen molar-refractivity contribution < 1.29 is 14.3 Å². The van der Waals surface area contributed by atoms with Crippen LogP contribution < -0.4 is 10.1 Å². The highest BCUT2D eigenvalue weighted by Crippen LogP contribution is 2.17. The number of carbonyl (C=O) groups is 2. The summed E-state index contributed by atoms with van der Waals surface area (Å²) in [4.78, 5) is 23.7. The van der Waals surface area contributed by atoms with Crippen LogP contribution in [0.3, 0.4) is 0 Å². The van der Waals surface area contributed by atoms with E-state index >= 15 is 0 Å². The quantitative estimate of drug-likeness (QED) is 0.771. The van der Waals surface area contributed by atoms with E-state index in [2.05, 4.69) is 31.3 Å². The summed E-state index contributed by atoms with van der Waals surface area (Å²) in [5, 5.41) is 2.93. The molecular formula is C21H25NO3. The Bertz CT molecular complexity index is 750. The number of rotatable bonds is 7. The molecule has 2 rings (SSSR count). The van der Waals surface area contributed by atoms with Gasteiger partial charge in [0.15, 0.2) is 12.4 Å². The van der Waals surface area contributed by atoms with E-state index in [1.807, 2.05) is 19.9 Å². The van der Waals surface area contributed by atoms with Crippen molar-refractivity contribution in [3.05, 3.63) is 64.7 Å². The highest BCUT2D eigenvalue weighted by molar-refractivity contribution is 5.95. The van der Waals surface area contributed by atoms with Crippen LogP contribution in [0.1, 0.15) is 53.4 Å². The van der Waals surface area contributed by atoms with Gasteiger partial charge in [-0.05, 0) is 61.7 Å². The van der Waals surface area contributed by atoms with Gasteiger partial charge in [0.1, 0.15) is 5.75 Å². The SMILES string of the molecule is CCC(=O)c1ccc(OCC(=O)NC(C)c2ccc(C)c(C)c2)cc1. The third kappa shape index (κ3) is 5.18. The van der Waals surface area contributed by atoms with E-state index in [0.29, 0.717) is 17.7 Å². The van der Waals surface area contributed by atoms with Crippen LogP contribution in [0.25, 0.3) is 0 Å². The van der Waals surface area contributed by atoms with Crippen LogP contribution in [-0.2, 0) is 4.79 Å². The predicted octanol–water partition coefficient (Wildman–Crippen LogP) is 4.15. The van der Waals surface area contributed by atoms with E-state index in [4.69, 9.17) is 4.74 Å². The Kier molecular flexibility index (Phi) is 6.34. The van der Waals surface area contributed by atoms with Crippen molar-refractivity contribution in [3.8, 4) is 5.75 Å². The van der Waals surface area contributed by atoms with Crippen molar-refractivity contribution in [1.82, 2.24) is 5.32 Å². The summed E-state index contributed by atoms with van der Waals surface area (Å²) < 4.78 is 5.49. The van der Waals surface area contributed by atoms with Crippen LogP contribution >= 0.6 is 0 Å². The molecule has 4 heteroatoms. The molecule has 1 unspecified atom stereocenters. The zero-order chi connectivity index (χ0) is 18.4. The van der Waals surface area contributed by atoms with Gasteiger partial charge >= 0.3 is 0 Å². The van der Waals surface area contributed by atoms with Crippen LogP contribution in [0.2, 0.25) is 0 Å². The first kappa shape index (κ1) is 18.7. The maximum Gasteiger partial charge on any atom is 0.258 e. The van der Waals surface area contributed by atoms with Gasteiger partial charge in [0.25, 0.3) is 5.91 Å². The molecule has 2 aromatic rings. The van der Waals surface area contributed by atoms with Crippen molar-refractivity contribution in [2.24, 2.45) is 0 Å². The Morgan fingerprint density at radius 3 is 2.32 bits per heavy atom. The summed E-state index contributed by atoms with van der Waals surface area (Å²) in [6.45, 7) is 7.84. The number of aryl methyl sites for hydroxylation is 2. The molecule has 0 radical (unpaired) electrons. The Labute approximate surface area is 149 Å². The fourth-order valence-corrected chi connectivity index (χ4v) is 2.49. The normalized spacial score (nSPS) is 11.7. The maximum atomic E-state index is 12.1. The molecule has 132 valence electrons. The zero-order valence-corrected chi connectivity index (χ0v) is 15.3. The molecule has 25 heavy (non-hydrogen) atoms. The highest BCUT2D eigenvalue weighted by atomic mass is 16.5. The van der Waals surface area contributed by atoms with Crippen molar-refractivity contribution >= 4 is 11.7 Å². The Morgan fingerprint density at radius 1 is 1.04 bits per heavy atom. The Balaban J connectivity index is 1.87. The number of carbonyl (C=O) groups excluding carboxylic acids is 2. The molecule has 0 aliphatic rings. The lowest BCUT2D eigenvalue weighted by Crippen LogP contribution is -2.31. The average Bonchev–Trinajstić information content (AvgIpc) is 2.62. The van der Waals surface area contributed by atoms with Crippen molar-refractivity contribution in [2.45, 2.75) is 40.2 Å². The molecule has 1 N–H and O–H groups in total. The fourth-order valence-electron chi connectivity index (χ4n) is 2.49. The van der Waals surface area contributed by atoms with Crippen molar-refractivity contribution in [1.29, 1.82) is 0 Å². The molecule has 2 aromatic carbocycles. The van der Waals surface area contributed by atoms with Gasteiger partial charge in [0, 0.05) is 12.0 Å². The van der Waals surface area contributed by atoms with Gasteiger partial charge in [0.2, 0.25) is 0 Å². The zero-order valence-electron chi connectivity index (χ0n) is 15.3.